The van der Waals surface area contributed by atoms with Crippen LogP contribution in [-0.4, -0.2) is 44.9 Å². The minimum Gasteiger partial charge on any atom is -0.478 e. The van der Waals surface area contributed by atoms with Crippen molar-refractivity contribution in [3.8, 4) is 17.4 Å². The van der Waals surface area contributed by atoms with Gasteiger partial charge in [-0.15, -0.1) is 5.10 Å². The molecule has 3 heterocycles. The lowest BCUT2D eigenvalue weighted by atomic mass is 10.4. The normalized spacial score (nSPS) is 11.5. The molecule has 3 rings (SSSR count). The van der Waals surface area contributed by atoms with E-state index in [0.29, 0.717) is 5.65 Å². The first-order valence-corrected chi connectivity index (χ1v) is 8.19. The van der Waals surface area contributed by atoms with Gasteiger partial charge in [-0.1, -0.05) is 11.6 Å². The molecule has 28 heavy (non-hydrogen) atoms. The smallest absolute Gasteiger partial charge is 0.422 e. The van der Waals surface area contributed by atoms with Gasteiger partial charge in [0, 0.05) is 12.3 Å². The predicted octanol–water partition coefficient (Wildman–Crippen LogP) is 3.69. The molecule has 0 aliphatic heterocycles. The quantitative estimate of drug-likeness (QED) is 0.566. The lowest BCUT2D eigenvalue weighted by Gasteiger charge is -2.13. The van der Waals surface area contributed by atoms with Crippen molar-refractivity contribution in [2.75, 3.05) is 13.2 Å². The van der Waals surface area contributed by atoms with Gasteiger partial charge in [-0.05, 0) is 19.1 Å². The molecule has 12 heteroatoms. The molecule has 0 saturated heterocycles. The van der Waals surface area contributed by atoms with Gasteiger partial charge in [-0.25, -0.2) is 19.3 Å². The molecule has 0 bridgehead atoms. The highest BCUT2D eigenvalue weighted by Crippen LogP contribution is 2.32. The van der Waals surface area contributed by atoms with Crippen molar-refractivity contribution in [3.63, 3.8) is 0 Å². The Hall–Kier alpha value is -3.08. The topological polar surface area (TPSA) is 87.8 Å². The molecule has 0 radical (unpaired) electrons. The number of aromatic nitrogens is 4. The Bertz CT molecular complexity index is 1010. The second-order valence-electron chi connectivity index (χ2n) is 5.29. The van der Waals surface area contributed by atoms with Crippen LogP contribution >= 0.6 is 11.6 Å². The molecule has 0 N–H and O–H groups in total. The molecule has 0 amide bonds. The Morgan fingerprint density at radius 2 is 2.11 bits per heavy atom. The van der Waals surface area contributed by atoms with Gasteiger partial charge in [0.15, 0.2) is 18.0 Å². The Morgan fingerprint density at radius 3 is 2.82 bits per heavy atom. The third-order valence-electron chi connectivity index (χ3n) is 3.15. The molecule has 0 aliphatic rings. The average molecular weight is 417 g/mol. The highest BCUT2D eigenvalue weighted by Gasteiger charge is 2.29. The third-order valence-corrected chi connectivity index (χ3v) is 3.36. The van der Waals surface area contributed by atoms with E-state index in [4.69, 9.17) is 25.8 Å². The number of hydrogen-bond donors (Lipinski definition) is 0. The standard InChI is InChI=1S/C16H12ClF3N4O4/c1-2-26-15(25)13-22-12-4-3-10(7-24(12)23-13)28-14-11(5-9(17)6-21-14)27-8-16(18,19)20/h3-7H,2,8H2,1H3. The molecule has 0 spiro atoms. The maximum Gasteiger partial charge on any atom is 0.422 e. The van der Waals surface area contributed by atoms with Crippen molar-refractivity contribution in [3.05, 3.63) is 41.4 Å². The summed E-state index contributed by atoms with van der Waals surface area (Å²) in [6.45, 7) is 0.291. The number of carbonyl (C=O) groups is 1. The summed E-state index contributed by atoms with van der Waals surface area (Å²) in [5.41, 5.74) is 0.341. The van der Waals surface area contributed by atoms with Crippen LogP contribution in [0.3, 0.4) is 0 Å². The Kier molecular flexibility index (Phi) is 5.54. The van der Waals surface area contributed by atoms with Gasteiger partial charge in [0.25, 0.3) is 11.7 Å². The first-order valence-electron chi connectivity index (χ1n) is 7.81. The zero-order valence-corrected chi connectivity index (χ0v) is 15.0. The van der Waals surface area contributed by atoms with Crippen LogP contribution in [0.25, 0.3) is 5.65 Å². The van der Waals surface area contributed by atoms with Crippen LogP contribution in [0.5, 0.6) is 17.4 Å². The maximum absolute atomic E-state index is 12.4. The van der Waals surface area contributed by atoms with Gasteiger partial charge in [-0.3, -0.25) is 0 Å². The second-order valence-corrected chi connectivity index (χ2v) is 5.72. The van der Waals surface area contributed by atoms with Crippen molar-refractivity contribution >= 4 is 23.2 Å². The minimum atomic E-state index is -4.54. The van der Waals surface area contributed by atoms with E-state index < -0.39 is 18.8 Å². The molecule has 3 aromatic rings. The van der Waals surface area contributed by atoms with Crippen molar-refractivity contribution < 1.29 is 32.2 Å². The number of alkyl halides is 3. The number of carbonyl (C=O) groups excluding carboxylic acids is 1. The van der Waals surface area contributed by atoms with Crippen LogP contribution in [0.4, 0.5) is 13.2 Å². The van der Waals surface area contributed by atoms with Crippen molar-refractivity contribution in [1.29, 1.82) is 0 Å². The van der Waals surface area contributed by atoms with Crippen LogP contribution in [0.1, 0.15) is 17.5 Å². The fourth-order valence-electron chi connectivity index (χ4n) is 2.07. The summed E-state index contributed by atoms with van der Waals surface area (Å²) in [6.07, 6.45) is -1.97. The SMILES string of the molecule is CCOC(=O)c1nc2ccc(Oc3ncc(Cl)cc3OCC(F)(F)F)cn2n1. The molecule has 0 aromatic carbocycles. The van der Waals surface area contributed by atoms with Crippen LogP contribution in [0, 0.1) is 0 Å². The molecule has 0 saturated carbocycles. The van der Waals surface area contributed by atoms with Crippen molar-refractivity contribution in [2.24, 2.45) is 0 Å². The lowest BCUT2D eigenvalue weighted by molar-refractivity contribution is -0.153. The molecule has 8 nitrogen and oxygen atoms in total. The number of halogens is 4. The lowest BCUT2D eigenvalue weighted by Crippen LogP contribution is -2.19. The largest absolute Gasteiger partial charge is 0.478 e. The second kappa shape index (κ2) is 7.89. The first-order chi connectivity index (χ1) is 13.2. The maximum atomic E-state index is 12.4. The summed E-state index contributed by atoms with van der Waals surface area (Å²) < 4.78 is 53.5. The summed E-state index contributed by atoms with van der Waals surface area (Å²) in [4.78, 5) is 19.5. The molecule has 0 unspecified atom stereocenters. The molecule has 0 atom stereocenters. The Labute approximate surface area is 160 Å². The van der Waals surface area contributed by atoms with E-state index in [-0.39, 0.29) is 34.8 Å². The Balaban J connectivity index is 1.85. The summed E-state index contributed by atoms with van der Waals surface area (Å²) in [6, 6.07) is 4.13. The van der Waals surface area contributed by atoms with E-state index in [0.717, 1.165) is 6.07 Å². The number of esters is 1. The molecular weight excluding hydrogens is 405 g/mol. The van der Waals surface area contributed by atoms with Gasteiger partial charge in [-0.2, -0.15) is 13.2 Å². The van der Waals surface area contributed by atoms with E-state index in [1.165, 1.54) is 29.0 Å². The molecule has 3 aromatic heterocycles. The van der Waals surface area contributed by atoms with E-state index in [1.807, 2.05) is 0 Å². The first kappa shape index (κ1) is 19.7. The van der Waals surface area contributed by atoms with Gasteiger partial charge in [0.2, 0.25) is 0 Å². The average Bonchev–Trinajstić information content (AvgIpc) is 3.05. The van der Waals surface area contributed by atoms with Gasteiger partial charge < -0.3 is 14.2 Å². The van der Waals surface area contributed by atoms with Gasteiger partial charge >= 0.3 is 12.1 Å². The highest BCUT2D eigenvalue weighted by atomic mass is 35.5. The summed E-state index contributed by atoms with van der Waals surface area (Å²) >= 11 is 5.76. The molecular formula is C16H12ClF3N4O4. The molecule has 0 fully saturated rings. The zero-order chi connectivity index (χ0) is 20.3. The number of rotatable bonds is 6. The van der Waals surface area contributed by atoms with Crippen LogP contribution in [0.2, 0.25) is 5.02 Å². The Morgan fingerprint density at radius 1 is 1.32 bits per heavy atom. The van der Waals surface area contributed by atoms with Crippen LogP contribution in [0.15, 0.2) is 30.6 Å². The number of ether oxygens (including phenoxy) is 3. The van der Waals surface area contributed by atoms with E-state index in [1.54, 1.807) is 6.92 Å². The summed E-state index contributed by atoms with van der Waals surface area (Å²) in [5.74, 6) is -1.16. The molecule has 148 valence electrons. The zero-order valence-electron chi connectivity index (χ0n) is 14.2. The summed E-state index contributed by atoms with van der Waals surface area (Å²) in [7, 11) is 0. The highest BCUT2D eigenvalue weighted by molar-refractivity contribution is 6.30. The predicted molar refractivity (Wildman–Crippen MR) is 89.8 cm³/mol. The van der Waals surface area contributed by atoms with Gasteiger partial charge in [0.1, 0.15) is 5.75 Å². The number of hydrogen-bond acceptors (Lipinski definition) is 7. The van der Waals surface area contributed by atoms with Crippen molar-refractivity contribution in [2.45, 2.75) is 13.1 Å². The van der Waals surface area contributed by atoms with Crippen LogP contribution < -0.4 is 9.47 Å². The van der Waals surface area contributed by atoms with Gasteiger partial charge in [0.05, 0.1) is 17.8 Å². The molecule has 0 aliphatic carbocycles. The third kappa shape index (κ3) is 4.80. The van der Waals surface area contributed by atoms with E-state index in [2.05, 4.69) is 15.1 Å². The van der Waals surface area contributed by atoms with Crippen LogP contribution in [-0.2, 0) is 4.74 Å². The number of fused-ring (bicyclic) bond motifs is 1. The minimum absolute atomic E-state index is 0.0790. The summed E-state index contributed by atoms with van der Waals surface area (Å²) in [5, 5.41) is 4.05. The van der Waals surface area contributed by atoms with E-state index in [9.17, 15) is 18.0 Å². The number of pyridine rings is 2. The fraction of sp³-hybridized carbons (Fsp3) is 0.250. The number of nitrogens with zero attached hydrogens (tertiary/aromatic N) is 4. The van der Waals surface area contributed by atoms with E-state index >= 15 is 0 Å². The van der Waals surface area contributed by atoms with Crippen molar-refractivity contribution in [1.82, 2.24) is 19.6 Å². The monoisotopic (exact) mass is 416 g/mol. The fourth-order valence-corrected chi connectivity index (χ4v) is 2.21.